The highest BCUT2D eigenvalue weighted by molar-refractivity contribution is 7.99. The molecule has 0 atom stereocenters. The van der Waals surface area contributed by atoms with Crippen LogP contribution in [-0.2, 0) is 4.79 Å². The van der Waals surface area contributed by atoms with Gasteiger partial charge < -0.3 is 16.0 Å². The number of rotatable bonds is 7. The predicted octanol–water partition coefficient (Wildman–Crippen LogP) is 2.46. The first-order chi connectivity index (χ1) is 10.9. The number of hydrogen-bond donors (Lipinski definition) is 3. The summed E-state index contributed by atoms with van der Waals surface area (Å²) in [6.45, 7) is 7.68. The van der Waals surface area contributed by atoms with Crippen LogP contribution < -0.4 is 16.0 Å². The molecule has 1 aromatic rings. The van der Waals surface area contributed by atoms with E-state index in [0.29, 0.717) is 18.2 Å². The smallest absolute Gasteiger partial charge is 0.246 e. The Bertz CT molecular complexity index is 531. The van der Waals surface area contributed by atoms with Crippen molar-refractivity contribution in [3.63, 3.8) is 0 Å². The molecule has 128 valence electrons. The van der Waals surface area contributed by atoms with Gasteiger partial charge in [0.1, 0.15) is 12.4 Å². The van der Waals surface area contributed by atoms with Crippen molar-refractivity contribution in [3.05, 3.63) is 30.1 Å². The summed E-state index contributed by atoms with van der Waals surface area (Å²) >= 11 is 1.76. The second kappa shape index (κ2) is 9.39. The number of thioether (sulfide) groups is 1. The molecule has 0 aliphatic heterocycles. The van der Waals surface area contributed by atoms with E-state index in [2.05, 4.69) is 41.0 Å². The van der Waals surface area contributed by atoms with Gasteiger partial charge >= 0.3 is 0 Å². The monoisotopic (exact) mass is 340 g/mol. The number of halogens is 1. The SMILES string of the molecule is CCNC(=NCC(=O)Nc1ccc(F)cc1)NCC(C)(C)SC. The summed E-state index contributed by atoms with van der Waals surface area (Å²) in [7, 11) is 0. The molecule has 7 heteroatoms. The Balaban J connectivity index is 2.55. The molecule has 0 bridgehead atoms. The molecule has 3 N–H and O–H groups in total. The average Bonchev–Trinajstić information content (AvgIpc) is 2.52. The number of hydrogen-bond acceptors (Lipinski definition) is 3. The van der Waals surface area contributed by atoms with Gasteiger partial charge in [-0.25, -0.2) is 9.38 Å². The molecule has 0 aliphatic carbocycles. The van der Waals surface area contributed by atoms with Crippen LogP contribution in [0.3, 0.4) is 0 Å². The van der Waals surface area contributed by atoms with Gasteiger partial charge in [0, 0.05) is 23.5 Å². The number of benzene rings is 1. The molecule has 0 heterocycles. The lowest BCUT2D eigenvalue weighted by Crippen LogP contribution is -2.43. The fraction of sp³-hybridized carbons (Fsp3) is 0.500. The van der Waals surface area contributed by atoms with Crippen molar-refractivity contribution in [1.82, 2.24) is 10.6 Å². The van der Waals surface area contributed by atoms with Gasteiger partial charge in [-0.3, -0.25) is 4.79 Å². The zero-order valence-corrected chi connectivity index (χ0v) is 14.9. The largest absolute Gasteiger partial charge is 0.357 e. The van der Waals surface area contributed by atoms with E-state index in [1.165, 1.54) is 24.3 Å². The summed E-state index contributed by atoms with van der Waals surface area (Å²) < 4.78 is 12.9. The number of nitrogens with one attached hydrogen (secondary N) is 3. The van der Waals surface area contributed by atoms with Gasteiger partial charge in [0.2, 0.25) is 5.91 Å². The maximum atomic E-state index is 12.8. The van der Waals surface area contributed by atoms with E-state index in [9.17, 15) is 9.18 Å². The molecule has 0 radical (unpaired) electrons. The van der Waals surface area contributed by atoms with Gasteiger partial charge in [0.05, 0.1) is 0 Å². The lowest BCUT2D eigenvalue weighted by molar-refractivity contribution is -0.114. The number of carbonyl (C=O) groups excluding carboxylic acids is 1. The van der Waals surface area contributed by atoms with E-state index in [1.54, 1.807) is 11.8 Å². The number of aliphatic imine (C=N–C) groups is 1. The molecular formula is C16H25FN4OS. The quantitative estimate of drug-likeness (QED) is 0.527. The molecule has 0 spiro atoms. The van der Waals surface area contributed by atoms with Gasteiger partial charge in [-0.1, -0.05) is 0 Å². The Morgan fingerprint density at radius 1 is 1.26 bits per heavy atom. The molecule has 23 heavy (non-hydrogen) atoms. The number of carbonyl (C=O) groups is 1. The fourth-order valence-corrected chi connectivity index (χ4v) is 1.81. The molecule has 1 aromatic carbocycles. The normalized spacial score (nSPS) is 12.0. The van der Waals surface area contributed by atoms with Crippen LogP contribution in [0, 0.1) is 5.82 Å². The minimum atomic E-state index is -0.337. The summed E-state index contributed by atoms with van der Waals surface area (Å²) in [5.41, 5.74) is 0.549. The molecule has 0 saturated heterocycles. The third-order valence-corrected chi connectivity index (χ3v) is 4.34. The number of nitrogens with zero attached hydrogens (tertiary/aromatic N) is 1. The van der Waals surface area contributed by atoms with Crippen LogP contribution in [0.1, 0.15) is 20.8 Å². The minimum absolute atomic E-state index is 0.00753. The third-order valence-electron chi connectivity index (χ3n) is 3.09. The van der Waals surface area contributed by atoms with E-state index in [-0.39, 0.29) is 23.0 Å². The molecule has 0 aromatic heterocycles. The molecule has 1 rings (SSSR count). The van der Waals surface area contributed by atoms with Crippen LogP contribution in [0.15, 0.2) is 29.3 Å². The van der Waals surface area contributed by atoms with Crippen molar-refractivity contribution in [2.24, 2.45) is 4.99 Å². The van der Waals surface area contributed by atoms with Crippen LogP contribution in [0.25, 0.3) is 0 Å². The van der Waals surface area contributed by atoms with Gasteiger partial charge in [0.15, 0.2) is 5.96 Å². The molecule has 0 saturated carbocycles. The van der Waals surface area contributed by atoms with E-state index >= 15 is 0 Å². The fourth-order valence-electron chi connectivity index (χ4n) is 1.60. The highest BCUT2D eigenvalue weighted by Crippen LogP contribution is 2.19. The summed E-state index contributed by atoms with van der Waals surface area (Å²) in [5.74, 6) is 0.0119. The molecule has 0 aliphatic rings. The van der Waals surface area contributed by atoms with Gasteiger partial charge in [-0.15, -0.1) is 0 Å². The number of guanidine groups is 1. The van der Waals surface area contributed by atoms with Crippen molar-refractivity contribution < 1.29 is 9.18 Å². The number of anilines is 1. The lowest BCUT2D eigenvalue weighted by Gasteiger charge is -2.23. The lowest BCUT2D eigenvalue weighted by atomic mass is 10.2. The Morgan fingerprint density at radius 2 is 1.91 bits per heavy atom. The van der Waals surface area contributed by atoms with Crippen LogP contribution >= 0.6 is 11.8 Å². The first-order valence-corrected chi connectivity index (χ1v) is 8.71. The van der Waals surface area contributed by atoms with E-state index in [4.69, 9.17) is 0 Å². The van der Waals surface area contributed by atoms with E-state index in [1.807, 2.05) is 6.92 Å². The van der Waals surface area contributed by atoms with Crippen LogP contribution in [0.4, 0.5) is 10.1 Å². The maximum absolute atomic E-state index is 12.8. The van der Waals surface area contributed by atoms with Gasteiger partial charge in [0.25, 0.3) is 0 Å². The first kappa shape index (κ1) is 19.3. The summed E-state index contributed by atoms with van der Waals surface area (Å²) in [4.78, 5) is 16.2. The Labute approximate surface area is 141 Å². The molecule has 1 amide bonds. The zero-order valence-electron chi connectivity index (χ0n) is 14.1. The van der Waals surface area contributed by atoms with Crippen LogP contribution in [-0.4, -0.2) is 42.5 Å². The number of amides is 1. The van der Waals surface area contributed by atoms with E-state index < -0.39 is 0 Å². The molecule has 5 nitrogen and oxygen atoms in total. The second-order valence-corrected chi connectivity index (χ2v) is 7.08. The second-order valence-electron chi connectivity index (χ2n) is 5.57. The standard InChI is InChI=1S/C16H25FN4OS/c1-5-18-15(20-11-16(2,3)23-4)19-10-14(22)21-13-8-6-12(17)7-9-13/h6-9H,5,10-11H2,1-4H3,(H,21,22)(H2,18,19,20). The Hall–Kier alpha value is -1.76. The summed E-state index contributed by atoms with van der Waals surface area (Å²) in [6, 6.07) is 5.63. The van der Waals surface area contributed by atoms with Crippen LogP contribution in [0.2, 0.25) is 0 Å². The van der Waals surface area contributed by atoms with Crippen molar-refractivity contribution in [2.75, 3.05) is 31.2 Å². The topological polar surface area (TPSA) is 65.5 Å². The average molecular weight is 340 g/mol. The van der Waals surface area contributed by atoms with Crippen molar-refractivity contribution in [3.8, 4) is 0 Å². The molecule has 0 unspecified atom stereocenters. The zero-order chi connectivity index (χ0) is 17.3. The van der Waals surface area contributed by atoms with Crippen LogP contribution in [0.5, 0.6) is 0 Å². The first-order valence-electron chi connectivity index (χ1n) is 7.49. The highest BCUT2D eigenvalue weighted by atomic mass is 32.2. The van der Waals surface area contributed by atoms with Gasteiger partial charge in [-0.05, 0) is 51.3 Å². The van der Waals surface area contributed by atoms with Crippen molar-refractivity contribution in [1.29, 1.82) is 0 Å². The van der Waals surface area contributed by atoms with Crippen molar-refractivity contribution in [2.45, 2.75) is 25.5 Å². The summed E-state index contributed by atoms with van der Waals surface area (Å²) in [5, 5.41) is 9.01. The Kier molecular flexibility index (Phi) is 7.88. The van der Waals surface area contributed by atoms with E-state index in [0.717, 1.165) is 6.54 Å². The third kappa shape index (κ3) is 7.88. The minimum Gasteiger partial charge on any atom is -0.357 e. The maximum Gasteiger partial charge on any atom is 0.246 e. The Morgan fingerprint density at radius 3 is 2.48 bits per heavy atom. The molecule has 0 fully saturated rings. The van der Waals surface area contributed by atoms with Gasteiger partial charge in [-0.2, -0.15) is 11.8 Å². The summed E-state index contributed by atoms with van der Waals surface area (Å²) in [6.07, 6.45) is 2.06. The molecular weight excluding hydrogens is 315 g/mol. The predicted molar refractivity (Wildman–Crippen MR) is 96.6 cm³/mol. The highest BCUT2D eigenvalue weighted by Gasteiger charge is 2.16. The van der Waals surface area contributed by atoms with Crippen molar-refractivity contribution >= 4 is 29.3 Å².